The number of thiophene rings is 1. The van der Waals surface area contributed by atoms with E-state index in [-0.39, 0.29) is 21.0 Å². The lowest BCUT2D eigenvalue weighted by Gasteiger charge is -2.08. The standard InChI is InChI=1S/C18H21N3O6S2/c1-3-4-10-19-29(25,26)13-7-5-12(6-8-13)15(22)20-17-14(9-11-28-17)16(23)21-18(24)27-2/h5-9,11,19H,3-4,10H2,1-2H3,(H,20,22)(H,21,23,24). The lowest BCUT2D eigenvalue weighted by molar-refractivity contribution is 0.0938. The topological polar surface area (TPSA) is 131 Å². The summed E-state index contributed by atoms with van der Waals surface area (Å²) in [5, 5.41) is 6.42. The Morgan fingerprint density at radius 2 is 1.76 bits per heavy atom. The van der Waals surface area contributed by atoms with E-state index in [1.54, 1.807) is 5.38 Å². The quantitative estimate of drug-likeness (QED) is 0.542. The van der Waals surface area contributed by atoms with Crippen molar-refractivity contribution in [3.63, 3.8) is 0 Å². The van der Waals surface area contributed by atoms with Crippen LogP contribution in [0.25, 0.3) is 0 Å². The molecule has 0 fully saturated rings. The second-order valence-electron chi connectivity index (χ2n) is 5.84. The van der Waals surface area contributed by atoms with Crippen molar-refractivity contribution in [3.8, 4) is 0 Å². The maximum absolute atomic E-state index is 12.4. The van der Waals surface area contributed by atoms with Crippen molar-refractivity contribution in [2.45, 2.75) is 24.7 Å². The zero-order valence-electron chi connectivity index (χ0n) is 15.9. The largest absolute Gasteiger partial charge is 0.453 e. The molecule has 1 heterocycles. The Balaban J connectivity index is 2.08. The van der Waals surface area contributed by atoms with Crippen molar-refractivity contribution >= 4 is 44.3 Å². The van der Waals surface area contributed by atoms with Crippen LogP contribution in [0.1, 0.15) is 40.5 Å². The number of carbonyl (C=O) groups is 3. The molecule has 3 N–H and O–H groups in total. The van der Waals surface area contributed by atoms with Crippen LogP contribution in [0, 0.1) is 0 Å². The summed E-state index contributed by atoms with van der Waals surface area (Å²) in [6.07, 6.45) is 0.680. The number of imide groups is 1. The van der Waals surface area contributed by atoms with Gasteiger partial charge in [-0.15, -0.1) is 11.3 Å². The normalized spacial score (nSPS) is 11.0. The summed E-state index contributed by atoms with van der Waals surface area (Å²) in [6, 6.07) is 6.89. The average Bonchev–Trinajstić information content (AvgIpc) is 3.16. The molecule has 0 unspecified atom stereocenters. The summed E-state index contributed by atoms with van der Waals surface area (Å²) in [5.74, 6) is -1.24. The molecule has 0 aliphatic rings. The Hall–Kier alpha value is -2.76. The number of methoxy groups -OCH3 is 1. The van der Waals surface area contributed by atoms with Gasteiger partial charge in [-0.1, -0.05) is 13.3 Å². The van der Waals surface area contributed by atoms with E-state index in [1.807, 2.05) is 12.2 Å². The third-order valence-electron chi connectivity index (χ3n) is 3.79. The molecule has 0 saturated carbocycles. The van der Waals surface area contributed by atoms with Gasteiger partial charge in [-0.2, -0.15) is 0 Å². The maximum Gasteiger partial charge on any atom is 0.413 e. The van der Waals surface area contributed by atoms with Crippen molar-refractivity contribution in [3.05, 3.63) is 46.8 Å². The molecule has 1 aromatic heterocycles. The fourth-order valence-electron chi connectivity index (χ4n) is 2.22. The third-order valence-corrected chi connectivity index (χ3v) is 6.09. The number of amides is 3. The molecule has 9 nitrogen and oxygen atoms in total. The number of hydrogen-bond donors (Lipinski definition) is 3. The van der Waals surface area contributed by atoms with Gasteiger partial charge in [-0.25, -0.2) is 17.9 Å². The first kappa shape index (κ1) is 22.5. The minimum atomic E-state index is -3.63. The predicted octanol–water partition coefficient (Wildman–Crippen LogP) is 2.58. The van der Waals surface area contributed by atoms with E-state index in [2.05, 4.69) is 14.8 Å². The highest BCUT2D eigenvalue weighted by atomic mass is 32.2. The molecule has 0 saturated heterocycles. The lowest BCUT2D eigenvalue weighted by atomic mass is 10.2. The van der Waals surface area contributed by atoms with Gasteiger partial charge in [0.15, 0.2) is 0 Å². The van der Waals surface area contributed by atoms with Gasteiger partial charge in [-0.05, 0) is 42.1 Å². The monoisotopic (exact) mass is 439 g/mol. The van der Waals surface area contributed by atoms with Gasteiger partial charge in [0.2, 0.25) is 10.0 Å². The molecule has 2 rings (SSSR count). The molecule has 156 valence electrons. The van der Waals surface area contributed by atoms with E-state index in [4.69, 9.17) is 0 Å². The van der Waals surface area contributed by atoms with E-state index in [0.29, 0.717) is 6.54 Å². The van der Waals surface area contributed by atoms with Crippen molar-refractivity contribution in [2.75, 3.05) is 19.0 Å². The Kier molecular flexibility index (Phi) is 7.88. The fourth-order valence-corrected chi connectivity index (χ4v) is 4.08. The van der Waals surface area contributed by atoms with Gasteiger partial charge in [0.05, 0.1) is 17.6 Å². The number of nitrogens with one attached hydrogen (secondary N) is 3. The number of rotatable bonds is 8. The van der Waals surface area contributed by atoms with Crippen LogP contribution in [0.15, 0.2) is 40.6 Å². The Bertz CT molecular complexity index is 983. The molecule has 0 bridgehead atoms. The minimum absolute atomic E-state index is 0.0550. The molecular formula is C18H21N3O6S2. The molecule has 0 spiro atoms. The number of sulfonamides is 1. The molecule has 11 heteroatoms. The highest BCUT2D eigenvalue weighted by molar-refractivity contribution is 7.89. The fraction of sp³-hybridized carbons (Fsp3) is 0.278. The highest BCUT2D eigenvalue weighted by Gasteiger charge is 2.19. The number of anilines is 1. The Morgan fingerprint density at radius 3 is 2.38 bits per heavy atom. The molecular weight excluding hydrogens is 418 g/mol. The van der Waals surface area contributed by atoms with Gasteiger partial charge >= 0.3 is 6.09 Å². The van der Waals surface area contributed by atoms with Crippen LogP contribution >= 0.6 is 11.3 Å². The van der Waals surface area contributed by atoms with Crippen molar-refractivity contribution in [1.82, 2.24) is 10.0 Å². The molecule has 2 aromatic rings. The Morgan fingerprint density at radius 1 is 1.07 bits per heavy atom. The smallest absolute Gasteiger partial charge is 0.413 e. The van der Waals surface area contributed by atoms with Crippen LogP contribution < -0.4 is 15.4 Å². The van der Waals surface area contributed by atoms with Gasteiger partial charge in [0.25, 0.3) is 11.8 Å². The van der Waals surface area contributed by atoms with Crippen molar-refractivity contribution in [1.29, 1.82) is 0 Å². The zero-order valence-corrected chi connectivity index (χ0v) is 17.5. The van der Waals surface area contributed by atoms with E-state index >= 15 is 0 Å². The summed E-state index contributed by atoms with van der Waals surface area (Å²) in [4.78, 5) is 35.7. The van der Waals surface area contributed by atoms with Gasteiger partial charge in [0.1, 0.15) is 5.00 Å². The first-order valence-corrected chi connectivity index (χ1v) is 11.0. The van der Waals surface area contributed by atoms with Crippen molar-refractivity contribution < 1.29 is 27.5 Å². The summed E-state index contributed by atoms with van der Waals surface area (Å²) in [6.45, 7) is 2.30. The van der Waals surface area contributed by atoms with Crippen LogP contribution in [0.5, 0.6) is 0 Å². The van der Waals surface area contributed by atoms with Crippen LogP contribution in [0.2, 0.25) is 0 Å². The summed E-state index contributed by atoms with van der Waals surface area (Å²) in [5.41, 5.74) is 0.318. The number of hydrogen-bond acceptors (Lipinski definition) is 7. The molecule has 0 atom stereocenters. The van der Waals surface area contributed by atoms with E-state index in [0.717, 1.165) is 31.3 Å². The second-order valence-corrected chi connectivity index (χ2v) is 8.52. The first-order chi connectivity index (χ1) is 13.8. The maximum atomic E-state index is 12.4. The Labute approximate surface area is 172 Å². The minimum Gasteiger partial charge on any atom is -0.453 e. The molecule has 3 amide bonds. The summed E-state index contributed by atoms with van der Waals surface area (Å²) in [7, 11) is -2.51. The number of unbranched alkanes of at least 4 members (excludes halogenated alkanes) is 1. The molecule has 0 aliphatic carbocycles. The number of ether oxygens (including phenoxy) is 1. The van der Waals surface area contributed by atoms with Gasteiger partial charge in [0, 0.05) is 12.1 Å². The average molecular weight is 440 g/mol. The van der Waals surface area contributed by atoms with Crippen LogP contribution in [0.4, 0.5) is 9.80 Å². The molecule has 29 heavy (non-hydrogen) atoms. The molecule has 0 radical (unpaired) electrons. The number of carbonyl (C=O) groups excluding carboxylic acids is 3. The summed E-state index contributed by atoms with van der Waals surface area (Å²) < 4.78 is 31.2. The third kappa shape index (κ3) is 6.11. The summed E-state index contributed by atoms with van der Waals surface area (Å²) >= 11 is 1.10. The number of alkyl carbamates (subject to hydrolysis) is 1. The predicted molar refractivity (Wildman–Crippen MR) is 109 cm³/mol. The first-order valence-electron chi connectivity index (χ1n) is 8.66. The van der Waals surface area contributed by atoms with E-state index < -0.39 is 27.9 Å². The molecule has 1 aromatic carbocycles. The second kappa shape index (κ2) is 10.1. The molecule has 0 aliphatic heterocycles. The van der Waals surface area contributed by atoms with E-state index in [1.165, 1.54) is 30.3 Å². The van der Waals surface area contributed by atoms with Crippen LogP contribution in [0.3, 0.4) is 0 Å². The highest BCUT2D eigenvalue weighted by Crippen LogP contribution is 2.24. The van der Waals surface area contributed by atoms with Gasteiger partial charge < -0.3 is 10.1 Å². The van der Waals surface area contributed by atoms with Gasteiger partial charge in [-0.3, -0.25) is 14.9 Å². The lowest BCUT2D eigenvalue weighted by Crippen LogP contribution is -2.30. The SMILES string of the molecule is CCCCNS(=O)(=O)c1ccc(C(=O)Nc2sccc2C(=O)NC(=O)OC)cc1. The van der Waals surface area contributed by atoms with Crippen molar-refractivity contribution in [2.24, 2.45) is 0 Å². The van der Waals surface area contributed by atoms with E-state index in [9.17, 15) is 22.8 Å². The van der Waals surface area contributed by atoms with Crippen LogP contribution in [-0.2, 0) is 14.8 Å². The van der Waals surface area contributed by atoms with Crippen LogP contribution in [-0.4, -0.2) is 40.0 Å². The number of benzene rings is 1. The zero-order chi connectivity index (χ0) is 21.4.